The maximum Gasteiger partial charge on any atom is 0.262 e. The zero-order chi connectivity index (χ0) is 33.8. The molecule has 4 nitrogen and oxygen atoms in total. The van der Waals surface area contributed by atoms with Crippen LogP contribution in [0.3, 0.4) is 0 Å². The van der Waals surface area contributed by atoms with Crippen LogP contribution in [0.5, 0.6) is 0 Å². The van der Waals surface area contributed by atoms with Crippen molar-refractivity contribution in [2.75, 3.05) is 31.4 Å². The summed E-state index contributed by atoms with van der Waals surface area (Å²) >= 11 is 3.66. The van der Waals surface area contributed by atoms with Crippen molar-refractivity contribution >= 4 is 94.9 Å². The summed E-state index contributed by atoms with van der Waals surface area (Å²) < 4.78 is 8.43. The zero-order valence-electron chi connectivity index (χ0n) is 28.6. The van der Waals surface area contributed by atoms with Crippen molar-refractivity contribution in [3.63, 3.8) is 0 Å². The van der Waals surface area contributed by atoms with Crippen molar-refractivity contribution in [3.05, 3.63) is 131 Å². The number of hydrogen-bond donors (Lipinski definition) is 1. The molecule has 2 N–H and O–H groups in total. The van der Waals surface area contributed by atoms with Gasteiger partial charge >= 0.3 is 0 Å². The van der Waals surface area contributed by atoms with E-state index < -0.39 is 0 Å². The lowest BCUT2D eigenvalue weighted by atomic mass is 10.1. The third-order valence-electron chi connectivity index (χ3n) is 8.60. The number of likely N-dealkylation sites (N-methyl/N-ethyl adjacent to an activating group) is 1. The van der Waals surface area contributed by atoms with Crippen molar-refractivity contribution in [2.24, 2.45) is 7.05 Å². The molecule has 0 bridgehead atoms. The number of rotatable bonds is 13. The SMILES string of the molecule is CSC1=CCCC=C1.C[NH2+]C/C=C/c1cn(CCSSCCn2cc(/C=C/c3sc4ccccc4[n+]3C)c3ccccc32)c2ccccc12. The first-order chi connectivity index (χ1) is 24.2. The van der Waals surface area contributed by atoms with Crippen LogP contribution in [0.2, 0.25) is 0 Å². The normalized spacial score (nSPS) is 13.2. The summed E-state index contributed by atoms with van der Waals surface area (Å²) in [7, 11) is 8.20. The number of fused-ring (bicyclic) bond motifs is 3. The highest BCUT2D eigenvalue weighted by Gasteiger charge is 2.14. The number of thioether (sulfide) groups is 1. The fraction of sp³-hybridized carbons (Fsp3) is 0.244. The Morgan fingerprint density at radius 1 is 0.796 bits per heavy atom. The maximum absolute atomic E-state index is 2.42. The minimum absolute atomic E-state index is 0.999. The molecule has 3 aromatic carbocycles. The fourth-order valence-corrected chi connectivity index (χ4v) is 9.58. The van der Waals surface area contributed by atoms with E-state index in [1.807, 2.05) is 44.7 Å². The monoisotopic (exact) mass is 722 g/mol. The lowest BCUT2D eigenvalue weighted by Crippen LogP contribution is -2.79. The third kappa shape index (κ3) is 9.04. The molecule has 7 rings (SSSR count). The average Bonchev–Trinajstić information content (AvgIpc) is 3.80. The first-order valence-electron chi connectivity index (χ1n) is 17.0. The summed E-state index contributed by atoms with van der Waals surface area (Å²) in [5, 5.41) is 6.09. The van der Waals surface area contributed by atoms with E-state index in [1.165, 1.54) is 65.9 Å². The molecular formula is C41H46N4S4+2. The molecule has 1 aliphatic rings. The Bertz CT molecular complexity index is 2110. The summed E-state index contributed by atoms with van der Waals surface area (Å²) in [5.41, 5.74) is 6.49. The van der Waals surface area contributed by atoms with Gasteiger partial charge in [0.25, 0.3) is 5.01 Å². The first kappa shape index (κ1) is 35.4. The van der Waals surface area contributed by atoms with E-state index in [-0.39, 0.29) is 0 Å². The fourth-order valence-electron chi connectivity index (χ4n) is 6.07. The minimum atomic E-state index is 0.999. The van der Waals surface area contributed by atoms with E-state index in [2.05, 4.69) is 167 Å². The van der Waals surface area contributed by atoms with Crippen molar-refractivity contribution in [3.8, 4) is 0 Å². The second-order valence-electron chi connectivity index (χ2n) is 11.9. The van der Waals surface area contributed by atoms with Gasteiger partial charge in [-0.2, -0.15) is 4.57 Å². The van der Waals surface area contributed by atoms with Gasteiger partial charge in [-0.15, -0.1) is 11.8 Å². The summed E-state index contributed by atoms with van der Waals surface area (Å²) in [4.78, 5) is 1.41. The van der Waals surface area contributed by atoms with Crippen LogP contribution in [0.15, 0.2) is 114 Å². The van der Waals surface area contributed by atoms with Crippen LogP contribution in [0.4, 0.5) is 0 Å². The van der Waals surface area contributed by atoms with Crippen molar-refractivity contribution in [1.82, 2.24) is 9.13 Å². The molecule has 6 aromatic rings. The van der Waals surface area contributed by atoms with E-state index in [1.54, 1.807) is 0 Å². The highest BCUT2D eigenvalue weighted by molar-refractivity contribution is 8.76. The molecule has 0 saturated heterocycles. The third-order valence-corrected chi connectivity index (χ3v) is 12.9. The topological polar surface area (TPSA) is 30.3 Å². The van der Waals surface area contributed by atoms with Gasteiger partial charge in [0, 0.05) is 81.4 Å². The molecule has 3 aromatic heterocycles. The summed E-state index contributed by atoms with van der Waals surface area (Å²) in [6.45, 7) is 3.02. The van der Waals surface area contributed by atoms with Gasteiger partial charge < -0.3 is 14.5 Å². The standard InChI is InChI=1S/C34H35N4S3.C7H10S/c1-35-19-9-10-26-24-37(30-13-5-3-11-28(26)30)20-22-39-40-23-21-38-25-27(29-12-4-6-14-31(29)38)17-18-34-36(2)32-15-7-8-16-33(32)41-34;1-8-7-5-3-2-4-6-7/h3-18,24-25,35H,19-23H2,1-2H3;3,5-6H,2,4H2,1H3/q+1;/p+1/b10-9+;. The summed E-state index contributed by atoms with van der Waals surface area (Å²) in [6.07, 6.45) is 24.9. The molecule has 0 fully saturated rings. The number of aromatic nitrogens is 3. The van der Waals surface area contributed by atoms with Crippen LogP contribution < -0.4 is 9.88 Å². The molecule has 49 heavy (non-hydrogen) atoms. The molecule has 0 aliphatic heterocycles. The zero-order valence-corrected chi connectivity index (χ0v) is 31.9. The van der Waals surface area contributed by atoms with E-state index in [9.17, 15) is 0 Å². The number of aryl methyl sites for hydroxylation is 3. The molecule has 0 unspecified atom stereocenters. The lowest BCUT2D eigenvalue weighted by molar-refractivity contribution is -0.642. The van der Waals surface area contributed by atoms with E-state index in [0.717, 1.165) is 31.1 Å². The van der Waals surface area contributed by atoms with Crippen molar-refractivity contribution in [2.45, 2.75) is 25.9 Å². The van der Waals surface area contributed by atoms with Gasteiger partial charge in [0.15, 0.2) is 0 Å². The Hall–Kier alpha value is -3.40. The van der Waals surface area contributed by atoms with Gasteiger partial charge in [-0.05, 0) is 55.0 Å². The number of quaternary nitrogens is 1. The van der Waals surface area contributed by atoms with Crippen LogP contribution in [0.25, 0.3) is 50.3 Å². The van der Waals surface area contributed by atoms with E-state index in [4.69, 9.17) is 0 Å². The molecule has 0 amide bonds. The molecular weight excluding hydrogens is 677 g/mol. The van der Waals surface area contributed by atoms with Gasteiger partial charge in [-0.3, -0.25) is 0 Å². The van der Waals surface area contributed by atoms with E-state index in [0.29, 0.717) is 0 Å². The second kappa shape index (κ2) is 18.0. The van der Waals surface area contributed by atoms with Crippen LogP contribution in [-0.4, -0.2) is 40.5 Å². The van der Waals surface area contributed by atoms with Crippen molar-refractivity contribution < 1.29 is 9.88 Å². The Balaban J connectivity index is 0.000000459. The number of para-hydroxylation sites is 3. The molecule has 0 saturated carbocycles. The highest BCUT2D eigenvalue weighted by Crippen LogP contribution is 2.29. The van der Waals surface area contributed by atoms with E-state index >= 15 is 0 Å². The minimum Gasteiger partial charge on any atom is -0.346 e. The van der Waals surface area contributed by atoms with Crippen LogP contribution in [0.1, 0.15) is 29.0 Å². The van der Waals surface area contributed by atoms with Crippen molar-refractivity contribution in [1.29, 1.82) is 0 Å². The molecule has 8 heteroatoms. The molecule has 0 radical (unpaired) electrons. The molecule has 0 spiro atoms. The van der Waals surface area contributed by atoms with Gasteiger partial charge in [-0.25, -0.2) is 0 Å². The number of hydrogen-bond acceptors (Lipinski definition) is 4. The Labute approximate surface area is 307 Å². The average molecular weight is 723 g/mol. The predicted octanol–water partition coefficient (Wildman–Crippen LogP) is 9.68. The molecule has 3 heterocycles. The largest absolute Gasteiger partial charge is 0.346 e. The summed E-state index contributed by atoms with van der Waals surface area (Å²) in [5.74, 6) is 2.16. The van der Waals surface area contributed by atoms with Gasteiger partial charge in [0.1, 0.15) is 11.7 Å². The van der Waals surface area contributed by atoms with Gasteiger partial charge in [0.2, 0.25) is 5.52 Å². The maximum atomic E-state index is 2.42. The predicted molar refractivity (Wildman–Crippen MR) is 222 cm³/mol. The molecule has 252 valence electrons. The number of benzene rings is 3. The Kier molecular flexibility index (Phi) is 13.0. The van der Waals surface area contributed by atoms with Gasteiger partial charge in [-0.1, -0.05) is 106 Å². The Morgan fingerprint density at radius 3 is 2.02 bits per heavy atom. The molecule has 0 atom stereocenters. The van der Waals surface area contributed by atoms with Crippen LogP contribution in [-0.2, 0) is 20.1 Å². The second-order valence-corrected chi connectivity index (χ2v) is 16.5. The van der Waals surface area contributed by atoms with Crippen LogP contribution >= 0.6 is 44.7 Å². The first-order valence-corrected chi connectivity index (χ1v) is 21.5. The lowest BCUT2D eigenvalue weighted by Gasteiger charge is -2.06. The smallest absolute Gasteiger partial charge is 0.262 e. The number of allylic oxidation sites excluding steroid dienone is 3. The number of thiazole rings is 1. The number of nitrogens with zero attached hydrogens (tertiary/aromatic N) is 3. The van der Waals surface area contributed by atoms with Crippen LogP contribution in [0, 0.1) is 0 Å². The Morgan fingerprint density at radius 2 is 1.43 bits per heavy atom. The summed E-state index contributed by atoms with van der Waals surface area (Å²) in [6, 6.07) is 26.1. The number of nitrogens with two attached hydrogens (primary N) is 1. The quantitative estimate of drug-likeness (QED) is 0.0732. The highest BCUT2D eigenvalue weighted by atomic mass is 33.1. The molecule has 1 aliphatic carbocycles. The van der Waals surface area contributed by atoms with Gasteiger partial charge in [0.05, 0.1) is 13.6 Å².